The van der Waals surface area contributed by atoms with Gasteiger partial charge in [0.1, 0.15) is 5.82 Å². The molecule has 2 aromatic carbocycles. The Labute approximate surface area is 221 Å². The fourth-order valence-electron chi connectivity index (χ4n) is 6.32. The number of nitrogens with zero attached hydrogens (tertiary/aromatic N) is 2. The Balaban J connectivity index is 1.14. The fourth-order valence-corrected chi connectivity index (χ4v) is 6.32. The maximum atomic E-state index is 14.2. The first kappa shape index (κ1) is 24.6. The molecule has 3 aliphatic rings. The van der Waals surface area contributed by atoms with Gasteiger partial charge in [-0.25, -0.2) is 4.39 Å². The molecule has 1 aromatic heterocycles. The molecule has 2 fully saturated rings. The van der Waals surface area contributed by atoms with Crippen molar-refractivity contribution in [1.29, 1.82) is 0 Å². The monoisotopic (exact) mass is 513 g/mol. The molecule has 7 heteroatoms. The first-order chi connectivity index (χ1) is 18.1. The van der Waals surface area contributed by atoms with Crippen molar-refractivity contribution in [3.8, 4) is 0 Å². The summed E-state index contributed by atoms with van der Waals surface area (Å²) in [7, 11) is 0. The van der Waals surface area contributed by atoms with E-state index >= 15 is 0 Å². The molecule has 0 spiro atoms. The van der Waals surface area contributed by atoms with Crippen molar-refractivity contribution in [3.63, 3.8) is 0 Å². The summed E-state index contributed by atoms with van der Waals surface area (Å²) in [5, 5.41) is 0.972. The molecule has 2 amide bonds. The van der Waals surface area contributed by atoms with Crippen LogP contribution in [0, 0.1) is 17.2 Å². The number of ketones is 1. The number of para-hydroxylation sites is 1. The normalized spacial score (nSPS) is 21.1. The van der Waals surface area contributed by atoms with Crippen molar-refractivity contribution >= 4 is 34.6 Å². The average molecular weight is 514 g/mol. The van der Waals surface area contributed by atoms with Crippen molar-refractivity contribution in [2.45, 2.75) is 52.1 Å². The van der Waals surface area contributed by atoms with Crippen molar-refractivity contribution in [1.82, 2.24) is 14.8 Å². The summed E-state index contributed by atoms with van der Waals surface area (Å²) in [6, 6.07) is 14.4. The molecular formula is C31H32FN3O3. The van der Waals surface area contributed by atoms with Crippen LogP contribution in [0.1, 0.15) is 55.2 Å². The number of amides is 2. The summed E-state index contributed by atoms with van der Waals surface area (Å²) in [4.78, 5) is 47.4. The molecule has 2 saturated heterocycles. The lowest BCUT2D eigenvalue weighted by molar-refractivity contribution is -0.144. The molecule has 6 nitrogen and oxygen atoms in total. The second kappa shape index (κ2) is 8.93. The largest absolute Gasteiger partial charge is 0.352 e. The predicted octanol–water partition coefficient (Wildman–Crippen LogP) is 4.99. The molecule has 6 rings (SSSR count). The van der Waals surface area contributed by atoms with Crippen LogP contribution in [0.15, 0.2) is 54.1 Å². The molecule has 196 valence electrons. The van der Waals surface area contributed by atoms with Gasteiger partial charge in [-0.05, 0) is 47.2 Å². The lowest BCUT2D eigenvalue weighted by Crippen LogP contribution is -2.53. The Bertz CT molecular complexity index is 1460. The Morgan fingerprint density at radius 1 is 1.03 bits per heavy atom. The van der Waals surface area contributed by atoms with E-state index in [1.807, 2.05) is 67.0 Å². The van der Waals surface area contributed by atoms with Gasteiger partial charge >= 0.3 is 0 Å². The minimum Gasteiger partial charge on any atom is -0.352 e. The third kappa shape index (κ3) is 4.14. The fraction of sp³-hybridized carbons (Fsp3) is 0.387. The van der Waals surface area contributed by atoms with Gasteiger partial charge in [-0.15, -0.1) is 0 Å². The number of H-pyrrole nitrogens is 1. The summed E-state index contributed by atoms with van der Waals surface area (Å²) in [6.45, 7) is 6.94. The lowest BCUT2D eigenvalue weighted by atomic mass is 9.76. The minimum atomic E-state index is -0.472. The van der Waals surface area contributed by atoms with Gasteiger partial charge in [-0.2, -0.15) is 0 Å². The number of carbonyl (C=O) groups is 3. The quantitative estimate of drug-likeness (QED) is 0.489. The summed E-state index contributed by atoms with van der Waals surface area (Å²) in [5.74, 6) is -0.912. The van der Waals surface area contributed by atoms with Gasteiger partial charge in [-0.3, -0.25) is 14.4 Å². The number of piperazine rings is 1. The molecule has 1 aliphatic carbocycles. The molecule has 0 saturated carbocycles. The van der Waals surface area contributed by atoms with Crippen LogP contribution in [0.25, 0.3) is 17.0 Å². The number of carbonyl (C=O) groups excluding carboxylic acids is 3. The summed E-state index contributed by atoms with van der Waals surface area (Å²) in [5.41, 5.74) is 2.97. The van der Waals surface area contributed by atoms with E-state index in [4.69, 9.17) is 0 Å². The molecule has 2 bridgehead atoms. The predicted molar refractivity (Wildman–Crippen MR) is 144 cm³/mol. The molecule has 3 heterocycles. The highest BCUT2D eigenvalue weighted by Gasteiger charge is 2.50. The molecule has 1 N–H and O–H groups in total. The van der Waals surface area contributed by atoms with Gasteiger partial charge in [0.05, 0.1) is 23.7 Å². The number of hydrogen-bond donors (Lipinski definition) is 1. The van der Waals surface area contributed by atoms with Crippen molar-refractivity contribution in [2.75, 3.05) is 13.1 Å². The van der Waals surface area contributed by atoms with E-state index in [9.17, 15) is 18.8 Å². The van der Waals surface area contributed by atoms with Gasteiger partial charge in [0.25, 0.3) is 5.91 Å². The van der Waals surface area contributed by atoms with Gasteiger partial charge in [0, 0.05) is 42.4 Å². The molecular weight excluding hydrogens is 481 g/mol. The van der Waals surface area contributed by atoms with Gasteiger partial charge in [-0.1, -0.05) is 51.1 Å². The second-order valence-electron chi connectivity index (χ2n) is 12.0. The maximum Gasteiger partial charge on any atom is 0.250 e. The van der Waals surface area contributed by atoms with Gasteiger partial charge < -0.3 is 14.8 Å². The first-order valence-electron chi connectivity index (χ1n) is 13.3. The van der Waals surface area contributed by atoms with Gasteiger partial charge in [0.2, 0.25) is 5.91 Å². The molecule has 3 atom stereocenters. The van der Waals surface area contributed by atoms with E-state index in [0.717, 1.165) is 22.9 Å². The van der Waals surface area contributed by atoms with E-state index < -0.39 is 11.3 Å². The van der Waals surface area contributed by atoms with E-state index in [1.54, 1.807) is 12.1 Å². The highest BCUT2D eigenvalue weighted by molar-refractivity contribution is 6.02. The van der Waals surface area contributed by atoms with Crippen LogP contribution in [0.4, 0.5) is 4.39 Å². The molecule has 2 aliphatic heterocycles. The molecule has 0 unspecified atom stereocenters. The molecule has 0 radical (unpaired) electrons. The van der Waals surface area contributed by atoms with Crippen LogP contribution in [-0.2, 0) is 16.0 Å². The number of aromatic amines is 1. The van der Waals surface area contributed by atoms with Crippen molar-refractivity contribution < 1.29 is 18.8 Å². The topological polar surface area (TPSA) is 73.5 Å². The van der Waals surface area contributed by atoms with Gasteiger partial charge in [0.15, 0.2) is 5.78 Å². The summed E-state index contributed by atoms with van der Waals surface area (Å²) >= 11 is 0. The van der Waals surface area contributed by atoms with E-state index in [2.05, 4.69) is 4.98 Å². The highest BCUT2D eigenvalue weighted by Crippen LogP contribution is 2.39. The van der Waals surface area contributed by atoms with E-state index in [0.29, 0.717) is 36.3 Å². The average Bonchev–Trinajstić information content (AvgIpc) is 3.67. The standard InChI is InChI=1S/C31H32FN3O3/c1-31(2,3)24(15-28(36)27-13-19-7-4-5-10-26(19)33-27)30(38)35-17-21-14-22(35)16-34(21)29(37)20-11-18-8-6-9-25(32)23(18)12-20/h4-11,13,21-22,24,33H,12,14-17H2,1-3H3/t21-,22-,24+/m0/s1. The number of likely N-dealkylation sites (tertiary alicyclic amines) is 2. The second-order valence-corrected chi connectivity index (χ2v) is 12.0. The smallest absolute Gasteiger partial charge is 0.250 e. The van der Waals surface area contributed by atoms with Crippen LogP contribution in [0.2, 0.25) is 0 Å². The zero-order chi connectivity index (χ0) is 26.8. The zero-order valence-corrected chi connectivity index (χ0v) is 22.0. The maximum absolute atomic E-state index is 14.2. The minimum absolute atomic E-state index is 0.0175. The number of benzene rings is 2. The van der Waals surface area contributed by atoms with Crippen LogP contribution in [0.3, 0.4) is 0 Å². The van der Waals surface area contributed by atoms with Crippen LogP contribution >= 0.6 is 0 Å². The Morgan fingerprint density at radius 3 is 2.45 bits per heavy atom. The number of fused-ring (bicyclic) bond motifs is 4. The summed E-state index contributed by atoms with van der Waals surface area (Å²) in [6.07, 6.45) is 2.96. The van der Waals surface area contributed by atoms with E-state index in [1.165, 1.54) is 6.07 Å². The SMILES string of the molecule is CC(C)(C)[C@H](CC(=O)c1cc2ccccc2[nH]1)C(=O)N1C[C@@H]2C[C@H]1CN2C(=O)C1=Cc2cccc(F)c2C1. The number of rotatable bonds is 5. The van der Waals surface area contributed by atoms with E-state index in [-0.39, 0.29) is 41.9 Å². The van der Waals surface area contributed by atoms with Crippen LogP contribution < -0.4 is 0 Å². The van der Waals surface area contributed by atoms with Crippen molar-refractivity contribution in [2.24, 2.45) is 11.3 Å². The van der Waals surface area contributed by atoms with Crippen molar-refractivity contribution in [3.05, 3.63) is 76.7 Å². The molecule has 3 aromatic rings. The lowest BCUT2D eigenvalue weighted by Gasteiger charge is -2.39. The Hall–Kier alpha value is -3.74. The number of Topliss-reactive ketones (excluding diaryl/α,β-unsaturated/α-hetero) is 1. The number of aromatic nitrogens is 1. The highest BCUT2D eigenvalue weighted by atomic mass is 19.1. The molecule has 38 heavy (non-hydrogen) atoms. The first-order valence-corrected chi connectivity index (χ1v) is 13.3. The summed E-state index contributed by atoms with van der Waals surface area (Å²) < 4.78 is 14.2. The number of hydrogen-bond acceptors (Lipinski definition) is 3. The number of nitrogens with one attached hydrogen (secondary N) is 1. The third-order valence-corrected chi connectivity index (χ3v) is 8.47. The third-order valence-electron chi connectivity index (χ3n) is 8.47. The van der Waals surface area contributed by atoms with Crippen LogP contribution in [-0.4, -0.2) is 57.6 Å². The number of halogens is 1. The Morgan fingerprint density at radius 2 is 1.76 bits per heavy atom. The van der Waals surface area contributed by atoms with Crippen LogP contribution in [0.5, 0.6) is 0 Å². The zero-order valence-electron chi connectivity index (χ0n) is 22.0. The Kier molecular flexibility index (Phi) is 5.78.